The smallest absolute Gasteiger partial charge is 0.341 e. The van der Waals surface area contributed by atoms with Gasteiger partial charge in [-0.1, -0.05) is 18.2 Å². The third-order valence-corrected chi connectivity index (χ3v) is 4.02. The Morgan fingerprint density at radius 2 is 1.85 bits per heavy atom. The van der Waals surface area contributed by atoms with Gasteiger partial charge in [-0.25, -0.2) is 4.79 Å². The summed E-state index contributed by atoms with van der Waals surface area (Å²) >= 11 is 0. The van der Waals surface area contributed by atoms with E-state index in [-0.39, 0.29) is 5.56 Å². The largest absolute Gasteiger partial charge is 0.449 e. The van der Waals surface area contributed by atoms with Crippen molar-refractivity contribution in [2.75, 3.05) is 5.32 Å². The summed E-state index contributed by atoms with van der Waals surface area (Å²) in [6, 6.07) is 10.8. The van der Waals surface area contributed by atoms with Crippen LogP contribution in [0.5, 0.6) is 0 Å². The van der Waals surface area contributed by atoms with Gasteiger partial charge in [0.1, 0.15) is 5.52 Å². The Morgan fingerprint density at radius 1 is 1.08 bits per heavy atom. The van der Waals surface area contributed by atoms with Gasteiger partial charge < -0.3 is 10.1 Å². The fourth-order valence-electron chi connectivity index (χ4n) is 2.54. The molecule has 0 aliphatic heterocycles. The summed E-state index contributed by atoms with van der Waals surface area (Å²) in [7, 11) is 0. The zero-order chi connectivity index (χ0) is 18.7. The van der Waals surface area contributed by atoms with Gasteiger partial charge in [0.2, 0.25) is 0 Å². The first-order chi connectivity index (χ1) is 12.5. The molecule has 0 fully saturated rings. The van der Waals surface area contributed by atoms with Crippen LogP contribution in [0.4, 0.5) is 5.69 Å². The molecule has 26 heavy (non-hydrogen) atoms. The Bertz CT molecular complexity index is 980. The number of carbonyl (C=O) groups excluding carboxylic acids is 2. The van der Waals surface area contributed by atoms with Gasteiger partial charge in [0, 0.05) is 18.1 Å². The molecule has 0 aliphatic rings. The number of benzene rings is 2. The van der Waals surface area contributed by atoms with E-state index in [9.17, 15) is 9.59 Å². The molecule has 0 saturated heterocycles. The number of esters is 1. The molecule has 1 N–H and O–H groups in total. The van der Waals surface area contributed by atoms with Crippen molar-refractivity contribution in [3.63, 3.8) is 0 Å². The highest BCUT2D eigenvalue weighted by atomic mass is 16.5. The maximum Gasteiger partial charge on any atom is 0.341 e. The molecule has 0 aliphatic carbocycles. The molecule has 0 spiro atoms. The van der Waals surface area contributed by atoms with E-state index in [0.29, 0.717) is 16.7 Å². The van der Waals surface area contributed by atoms with E-state index in [4.69, 9.17) is 4.74 Å². The zero-order valence-corrected chi connectivity index (χ0v) is 14.8. The number of carbonyl (C=O) groups is 2. The lowest BCUT2D eigenvalue weighted by Crippen LogP contribution is -2.30. The van der Waals surface area contributed by atoms with Crippen molar-refractivity contribution in [3.8, 4) is 0 Å². The molecule has 1 unspecified atom stereocenters. The van der Waals surface area contributed by atoms with Crippen LogP contribution in [0, 0.1) is 13.8 Å². The molecule has 1 aromatic heterocycles. The van der Waals surface area contributed by atoms with Crippen LogP contribution in [-0.4, -0.2) is 27.9 Å². The summed E-state index contributed by atoms with van der Waals surface area (Å²) in [5.74, 6) is -1.00. The molecule has 1 atom stereocenters. The summed E-state index contributed by atoms with van der Waals surface area (Å²) < 4.78 is 5.33. The van der Waals surface area contributed by atoms with Crippen LogP contribution in [0.3, 0.4) is 0 Å². The van der Waals surface area contributed by atoms with E-state index >= 15 is 0 Å². The van der Waals surface area contributed by atoms with E-state index in [1.165, 1.54) is 13.1 Å². The second-order valence-electron chi connectivity index (χ2n) is 6.08. The average Bonchev–Trinajstić information content (AvgIpc) is 2.64. The molecular formula is C20H19N3O3. The second kappa shape index (κ2) is 7.31. The number of ether oxygens (including phenoxy) is 1. The molecule has 6 nitrogen and oxygen atoms in total. The van der Waals surface area contributed by atoms with Crippen LogP contribution in [0.2, 0.25) is 0 Å². The van der Waals surface area contributed by atoms with Gasteiger partial charge in [-0.15, -0.1) is 0 Å². The van der Waals surface area contributed by atoms with Crippen molar-refractivity contribution in [3.05, 3.63) is 65.5 Å². The first kappa shape index (κ1) is 17.5. The van der Waals surface area contributed by atoms with Crippen molar-refractivity contribution in [1.29, 1.82) is 0 Å². The van der Waals surface area contributed by atoms with E-state index in [0.717, 1.165) is 11.1 Å². The van der Waals surface area contributed by atoms with Gasteiger partial charge in [-0.3, -0.25) is 14.8 Å². The molecule has 6 heteroatoms. The fraction of sp³-hybridized carbons (Fsp3) is 0.200. The SMILES string of the molecule is Cc1ccc(C)c(NC(=O)C(C)OC(=O)c2cccc3nccnc23)c1. The second-order valence-corrected chi connectivity index (χ2v) is 6.08. The molecule has 0 radical (unpaired) electrons. The Balaban J connectivity index is 1.74. The number of anilines is 1. The molecule has 3 rings (SSSR count). The predicted octanol–water partition coefficient (Wildman–Crippen LogP) is 3.43. The summed E-state index contributed by atoms with van der Waals surface area (Å²) in [6.07, 6.45) is 2.11. The van der Waals surface area contributed by atoms with Crippen molar-refractivity contribution < 1.29 is 14.3 Å². The third-order valence-electron chi connectivity index (χ3n) is 4.02. The van der Waals surface area contributed by atoms with Gasteiger partial charge in [0.25, 0.3) is 5.91 Å². The minimum Gasteiger partial charge on any atom is -0.449 e. The highest BCUT2D eigenvalue weighted by Gasteiger charge is 2.21. The Labute approximate surface area is 151 Å². The van der Waals surface area contributed by atoms with Crippen LogP contribution in [0.1, 0.15) is 28.4 Å². The maximum absolute atomic E-state index is 12.5. The van der Waals surface area contributed by atoms with Gasteiger partial charge in [-0.05, 0) is 50.1 Å². The van der Waals surface area contributed by atoms with E-state index in [1.54, 1.807) is 24.4 Å². The maximum atomic E-state index is 12.5. The molecular weight excluding hydrogens is 330 g/mol. The van der Waals surface area contributed by atoms with Crippen LogP contribution in [0.15, 0.2) is 48.8 Å². The first-order valence-corrected chi connectivity index (χ1v) is 8.24. The van der Waals surface area contributed by atoms with Crippen LogP contribution < -0.4 is 5.32 Å². The average molecular weight is 349 g/mol. The monoisotopic (exact) mass is 349 g/mol. The number of nitrogens with zero attached hydrogens (tertiary/aromatic N) is 2. The van der Waals surface area contributed by atoms with Crippen molar-refractivity contribution in [2.24, 2.45) is 0 Å². The number of aromatic nitrogens is 2. The van der Waals surface area contributed by atoms with Crippen LogP contribution in [-0.2, 0) is 9.53 Å². The van der Waals surface area contributed by atoms with Gasteiger partial charge in [-0.2, -0.15) is 0 Å². The quantitative estimate of drug-likeness (QED) is 0.730. The summed E-state index contributed by atoms with van der Waals surface area (Å²) in [5, 5.41) is 2.80. The number of aryl methyl sites for hydroxylation is 2. The normalized spacial score (nSPS) is 11.8. The van der Waals surface area contributed by atoms with E-state index in [1.807, 2.05) is 32.0 Å². The van der Waals surface area contributed by atoms with E-state index < -0.39 is 18.0 Å². The van der Waals surface area contributed by atoms with Crippen LogP contribution >= 0.6 is 0 Å². The number of fused-ring (bicyclic) bond motifs is 1. The molecule has 0 saturated carbocycles. The summed E-state index contributed by atoms with van der Waals surface area (Å²) in [4.78, 5) is 33.2. The lowest BCUT2D eigenvalue weighted by molar-refractivity contribution is -0.123. The van der Waals surface area contributed by atoms with Gasteiger partial charge in [0.05, 0.1) is 11.1 Å². The number of para-hydroxylation sites is 1. The van der Waals surface area contributed by atoms with Gasteiger partial charge >= 0.3 is 5.97 Å². The Kier molecular flexibility index (Phi) is 4.93. The van der Waals surface area contributed by atoms with E-state index in [2.05, 4.69) is 15.3 Å². The van der Waals surface area contributed by atoms with Crippen LogP contribution in [0.25, 0.3) is 11.0 Å². The number of rotatable bonds is 4. The van der Waals surface area contributed by atoms with Gasteiger partial charge in [0.15, 0.2) is 6.10 Å². The van der Waals surface area contributed by atoms with Crippen molar-refractivity contribution in [1.82, 2.24) is 9.97 Å². The number of nitrogens with one attached hydrogen (secondary N) is 1. The molecule has 3 aromatic rings. The molecule has 1 amide bonds. The Morgan fingerprint density at radius 3 is 2.65 bits per heavy atom. The highest BCUT2D eigenvalue weighted by molar-refractivity contribution is 6.03. The third kappa shape index (κ3) is 3.69. The highest BCUT2D eigenvalue weighted by Crippen LogP contribution is 2.18. The molecule has 2 aromatic carbocycles. The first-order valence-electron chi connectivity index (χ1n) is 8.24. The lowest BCUT2D eigenvalue weighted by Gasteiger charge is -2.15. The minimum atomic E-state index is -0.950. The number of amides is 1. The number of hydrogen-bond acceptors (Lipinski definition) is 5. The minimum absolute atomic E-state index is 0.280. The fourth-order valence-corrected chi connectivity index (χ4v) is 2.54. The lowest BCUT2D eigenvalue weighted by atomic mass is 10.1. The Hall–Kier alpha value is -3.28. The molecule has 0 bridgehead atoms. The molecule has 132 valence electrons. The molecule has 1 heterocycles. The topological polar surface area (TPSA) is 81.2 Å². The zero-order valence-electron chi connectivity index (χ0n) is 14.8. The summed E-state index contributed by atoms with van der Waals surface area (Å²) in [6.45, 7) is 5.38. The number of hydrogen-bond donors (Lipinski definition) is 1. The predicted molar refractivity (Wildman–Crippen MR) is 99.0 cm³/mol. The summed E-state index contributed by atoms with van der Waals surface area (Å²) in [5.41, 5.74) is 3.99. The van der Waals surface area contributed by atoms with Crippen molar-refractivity contribution >= 4 is 28.6 Å². The standard InChI is InChI=1S/C20H19N3O3/c1-12-7-8-13(2)17(11-12)23-19(24)14(3)26-20(25)15-5-4-6-16-18(15)22-10-9-21-16/h4-11,14H,1-3H3,(H,23,24). The van der Waals surface area contributed by atoms with Crippen molar-refractivity contribution in [2.45, 2.75) is 26.9 Å².